The zero-order chi connectivity index (χ0) is 27.4. The molecule has 39 heavy (non-hydrogen) atoms. The zero-order valence-electron chi connectivity index (χ0n) is 22.9. The first-order valence-electron chi connectivity index (χ1n) is 13.8. The Hall–Kier alpha value is -3.90. The van der Waals surface area contributed by atoms with Gasteiger partial charge >= 0.3 is 0 Å². The Bertz CT molecular complexity index is 1330. The first-order valence-corrected chi connectivity index (χ1v) is 13.8. The van der Waals surface area contributed by atoms with Gasteiger partial charge in [-0.25, -0.2) is 0 Å². The van der Waals surface area contributed by atoms with Gasteiger partial charge in [-0.3, -0.25) is 14.5 Å². The topological polar surface area (TPSA) is 53.1 Å². The van der Waals surface area contributed by atoms with Gasteiger partial charge in [-0.05, 0) is 61.2 Å². The summed E-state index contributed by atoms with van der Waals surface area (Å²) in [5.41, 5.74) is 5.14. The van der Waals surface area contributed by atoms with E-state index in [2.05, 4.69) is 42.7 Å². The van der Waals surface area contributed by atoms with Crippen LogP contribution >= 0.6 is 0 Å². The number of nitrogens with zero attached hydrogens (tertiary/aromatic N) is 3. The smallest absolute Gasteiger partial charge is 0.263 e. The maximum atomic E-state index is 13.7. The fraction of sp³-hybridized carbons (Fsp3) is 0.333. The summed E-state index contributed by atoms with van der Waals surface area (Å²) >= 11 is 0. The largest absolute Gasteiger partial charge is 0.481 e. The summed E-state index contributed by atoms with van der Waals surface area (Å²) in [6.45, 7) is 12.2. The number of amides is 2. The number of ether oxygens (including phenoxy) is 1. The third-order valence-electron chi connectivity index (χ3n) is 7.72. The van der Waals surface area contributed by atoms with E-state index in [0.29, 0.717) is 30.9 Å². The standard InChI is InChI=1S/C33H37N3O3/c1-4-16-34-18-20-35(21-19-34)32(37)25(3)39-29-14-13-26-15-17-36(33(38)27-10-6-5-7-11-27)31(30(26)23-29)28-12-8-9-24(2)22-28/h4-14,22-23,25,31H,1,15-21H2,2-3H3/t25-,31+/m1/s1. The maximum Gasteiger partial charge on any atom is 0.263 e. The average Bonchev–Trinajstić information content (AvgIpc) is 2.96. The second kappa shape index (κ2) is 11.9. The summed E-state index contributed by atoms with van der Waals surface area (Å²) in [6, 6.07) is 23.6. The van der Waals surface area contributed by atoms with Gasteiger partial charge in [-0.1, -0.05) is 60.2 Å². The number of benzene rings is 3. The Balaban J connectivity index is 1.40. The summed E-state index contributed by atoms with van der Waals surface area (Å²) in [7, 11) is 0. The molecular weight excluding hydrogens is 486 g/mol. The zero-order valence-corrected chi connectivity index (χ0v) is 22.9. The fourth-order valence-corrected chi connectivity index (χ4v) is 5.68. The number of carbonyl (C=O) groups is 2. The highest BCUT2D eigenvalue weighted by Crippen LogP contribution is 2.38. The molecule has 6 heteroatoms. The molecule has 1 saturated heterocycles. The van der Waals surface area contributed by atoms with Crippen LogP contribution in [0.25, 0.3) is 0 Å². The van der Waals surface area contributed by atoms with Gasteiger partial charge in [0.05, 0.1) is 6.04 Å². The fourth-order valence-electron chi connectivity index (χ4n) is 5.68. The number of hydrogen-bond acceptors (Lipinski definition) is 4. The first-order chi connectivity index (χ1) is 18.9. The lowest BCUT2D eigenvalue weighted by Crippen LogP contribution is -2.51. The number of piperazine rings is 1. The Kier molecular flexibility index (Phi) is 8.13. The van der Waals surface area contributed by atoms with E-state index in [0.717, 1.165) is 42.7 Å². The number of aryl methyl sites for hydroxylation is 1. The molecule has 3 aromatic rings. The molecule has 0 aromatic heterocycles. The molecule has 1 fully saturated rings. The molecule has 202 valence electrons. The molecule has 0 aliphatic carbocycles. The van der Waals surface area contributed by atoms with Gasteiger partial charge in [0.15, 0.2) is 6.10 Å². The minimum atomic E-state index is -0.600. The van der Waals surface area contributed by atoms with Gasteiger partial charge < -0.3 is 14.5 Å². The Morgan fingerprint density at radius 3 is 2.46 bits per heavy atom. The molecule has 0 spiro atoms. The lowest BCUT2D eigenvalue weighted by Gasteiger charge is -2.38. The maximum absolute atomic E-state index is 13.7. The summed E-state index contributed by atoms with van der Waals surface area (Å²) in [4.78, 5) is 33.0. The second-order valence-electron chi connectivity index (χ2n) is 10.5. The van der Waals surface area contributed by atoms with Gasteiger partial charge in [0.1, 0.15) is 5.75 Å². The molecule has 2 aliphatic heterocycles. The third-order valence-corrected chi connectivity index (χ3v) is 7.72. The van der Waals surface area contributed by atoms with Crippen molar-refractivity contribution in [1.29, 1.82) is 0 Å². The van der Waals surface area contributed by atoms with Crippen molar-refractivity contribution in [2.24, 2.45) is 0 Å². The van der Waals surface area contributed by atoms with Crippen molar-refractivity contribution in [3.63, 3.8) is 0 Å². The van der Waals surface area contributed by atoms with E-state index in [9.17, 15) is 9.59 Å². The molecule has 0 N–H and O–H groups in total. The summed E-state index contributed by atoms with van der Waals surface area (Å²) in [5, 5.41) is 0. The van der Waals surface area contributed by atoms with E-state index >= 15 is 0 Å². The molecule has 5 rings (SSSR count). The molecule has 0 unspecified atom stereocenters. The Morgan fingerprint density at radius 1 is 0.974 bits per heavy atom. The van der Waals surface area contributed by atoms with Crippen molar-refractivity contribution >= 4 is 11.8 Å². The number of hydrogen-bond donors (Lipinski definition) is 0. The third kappa shape index (κ3) is 5.91. The second-order valence-corrected chi connectivity index (χ2v) is 10.5. The van der Waals surface area contributed by atoms with Crippen LogP contribution in [0.2, 0.25) is 0 Å². The predicted molar refractivity (Wildman–Crippen MR) is 154 cm³/mol. The lowest BCUT2D eigenvalue weighted by molar-refractivity contribution is -0.139. The average molecular weight is 524 g/mol. The van der Waals surface area contributed by atoms with Crippen molar-refractivity contribution in [2.75, 3.05) is 39.3 Å². The summed E-state index contributed by atoms with van der Waals surface area (Å²) < 4.78 is 6.23. The normalized spacial score (nSPS) is 18.3. The molecule has 6 nitrogen and oxygen atoms in total. The van der Waals surface area contributed by atoms with Crippen LogP contribution in [-0.2, 0) is 11.2 Å². The van der Waals surface area contributed by atoms with Crippen LogP contribution in [0.15, 0.2) is 85.5 Å². The summed E-state index contributed by atoms with van der Waals surface area (Å²) in [5.74, 6) is 0.659. The molecule has 3 aromatic carbocycles. The monoisotopic (exact) mass is 523 g/mol. The molecule has 2 heterocycles. The highest BCUT2D eigenvalue weighted by atomic mass is 16.5. The van der Waals surface area contributed by atoms with E-state index < -0.39 is 6.10 Å². The van der Waals surface area contributed by atoms with Crippen LogP contribution in [0.3, 0.4) is 0 Å². The van der Waals surface area contributed by atoms with E-state index in [1.54, 1.807) is 0 Å². The first kappa shape index (κ1) is 26.7. The predicted octanol–water partition coefficient (Wildman–Crippen LogP) is 4.88. The van der Waals surface area contributed by atoms with E-state index in [1.165, 1.54) is 5.56 Å². The summed E-state index contributed by atoms with van der Waals surface area (Å²) in [6.07, 6.45) is 2.06. The Morgan fingerprint density at radius 2 is 1.74 bits per heavy atom. The quantitative estimate of drug-likeness (QED) is 0.414. The van der Waals surface area contributed by atoms with Crippen LogP contribution in [-0.4, -0.2) is 71.9 Å². The number of rotatable bonds is 7. The van der Waals surface area contributed by atoms with Gasteiger partial charge in [-0.2, -0.15) is 0 Å². The van der Waals surface area contributed by atoms with Crippen LogP contribution in [0.1, 0.15) is 45.6 Å². The highest BCUT2D eigenvalue weighted by Gasteiger charge is 2.33. The molecule has 2 aliphatic rings. The molecule has 2 amide bonds. The van der Waals surface area contributed by atoms with Crippen molar-refractivity contribution in [3.8, 4) is 5.75 Å². The van der Waals surface area contributed by atoms with Crippen molar-refractivity contribution < 1.29 is 14.3 Å². The van der Waals surface area contributed by atoms with Gasteiger partial charge in [-0.15, -0.1) is 6.58 Å². The van der Waals surface area contributed by atoms with Gasteiger partial charge in [0.25, 0.3) is 11.8 Å². The number of fused-ring (bicyclic) bond motifs is 1. The van der Waals surface area contributed by atoms with Crippen molar-refractivity contribution in [1.82, 2.24) is 14.7 Å². The lowest BCUT2D eigenvalue weighted by atomic mass is 9.87. The van der Waals surface area contributed by atoms with Crippen LogP contribution in [0.4, 0.5) is 0 Å². The molecule has 0 radical (unpaired) electrons. The van der Waals surface area contributed by atoms with Crippen molar-refractivity contribution in [3.05, 3.63) is 113 Å². The molecular formula is C33H37N3O3. The minimum Gasteiger partial charge on any atom is -0.481 e. The van der Waals surface area contributed by atoms with Gasteiger partial charge in [0, 0.05) is 44.8 Å². The highest BCUT2D eigenvalue weighted by molar-refractivity contribution is 5.95. The van der Waals surface area contributed by atoms with E-state index in [-0.39, 0.29) is 17.9 Å². The SMILES string of the molecule is C=CCN1CCN(C(=O)[C@@H](C)Oc2ccc3c(c2)[C@H](c2cccc(C)c2)N(C(=O)c2ccccc2)CC3)CC1. The minimum absolute atomic E-state index is 0.00194. The van der Waals surface area contributed by atoms with E-state index in [1.807, 2.05) is 71.3 Å². The van der Waals surface area contributed by atoms with Crippen LogP contribution in [0, 0.1) is 6.92 Å². The van der Waals surface area contributed by atoms with Crippen LogP contribution in [0.5, 0.6) is 5.75 Å². The molecule has 2 atom stereocenters. The van der Waals surface area contributed by atoms with Crippen LogP contribution < -0.4 is 4.74 Å². The molecule has 0 bridgehead atoms. The Labute approximate surface area is 231 Å². The van der Waals surface area contributed by atoms with E-state index in [4.69, 9.17) is 4.74 Å². The number of carbonyl (C=O) groups excluding carboxylic acids is 2. The van der Waals surface area contributed by atoms with Crippen molar-refractivity contribution in [2.45, 2.75) is 32.4 Å². The van der Waals surface area contributed by atoms with Gasteiger partial charge in [0.2, 0.25) is 0 Å². The molecule has 0 saturated carbocycles.